The van der Waals surface area contributed by atoms with E-state index in [0.717, 1.165) is 45.2 Å². The Labute approximate surface area is 198 Å². The Kier molecular flexibility index (Phi) is 17.3. The fourth-order valence-electron chi connectivity index (χ4n) is 3.71. The van der Waals surface area contributed by atoms with Gasteiger partial charge in [0.15, 0.2) is 0 Å². The Morgan fingerprint density at radius 3 is 1.62 bits per heavy atom. The van der Waals surface area contributed by atoms with E-state index in [-0.39, 0.29) is 0 Å². The molecule has 1 rings (SSSR count). The smallest absolute Gasteiger partial charge is 0.334 e. The highest BCUT2D eigenvalue weighted by atomic mass is 31.2. The summed E-state index contributed by atoms with van der Waals surface area (Å²) >= 11 is 0. The SMILES string of the molecule is CCCCCCCCCCCCN1C=CN(CC)C1OP(=O)(OCCCC)OCCCC. The molecule has 1 unspecified atom stereocenters. The third-order valence-corrected chi connectivity index (χ3v) is 7.31. The first-order valence-corrected chi connectivity index (χ1v) is 14.8. The van der Waals surface area contributed by atoms with Crippen LogP contribution < -0.4 is 0 Å². The number of hydrogen-bond donors (Lipinski definition) is 0. The lowest BCUT2D eigenvalue weighted by molar-refractivity contribution is -0.0537. The van der Waals surface area contributed by atoms with Gasteiger partial charge in [0.1, 0.15) is 0 Å². The summed E-state index contributed by atoms with van der Waals surface area (Å²) in [5.41, 5.74) is 0. The van der Waals surface area contributed by atoms with Gasteiger partial charge >= 0.3 is 7.82 Å². The van der Waals surface area contributed by atoms with Crippen LogP contribution in [0.3, 0.4) is 0 Å². The molecule has 0 aromatic heterocycles. The van der Waals surface area contributed by atoms with Crippen molar-refractivity contribution in [3.63, 3.8) is 0 Å². The summed E-state index contributed by atoms with van der Waals surface area (Å²) in [5.74, 6) is 0. The normalized spacial score (nSPS) is 16.4. The van der Waals surface area contributed by atoms with Gasteiger partial charge in [-0.05, 0) is 26.2 Å². The minimum Gasteiger partial charge on any atom is -0.334 e. The van der Waals surface area contributed by atoms with Gasteiger partial charge in [-0.1, -0.05) is 91.4 Å². The Balaban J connectivity index is 2.44. The molecule has 0 N–H and O–H groups in total. The van der Waals surface area contributed by atoms with E-state index in [1.165, 1.54) is 57.8 Å². The van der Waals surface area contributed by atoms with Crippen LogP contribution in [0.25, 0.3) is 0 Å². The third kappa shape index (κ3) is 12.6. The van der Waals surface area contributed by atoms with Gasteiger partial charge in [-0.2, -0.15) is 0 Å². The van der Waals surface area contributed by atoms with Crippen LogP contribution in [-0.2, 0) is 18.1 Å². The van der Waals surface area contributed by atoms with Crippen LogP contribution in [0.5, 0.6) is 0 Å². The zero-order chi connectivity index (χ0) is 23.5. The van der Waals surface area contributed by atoms with Crippen LogP contribution >= 0.6 is 7.82 Å². The molecule has 0 spiro atoms. The summed E-state index contributed by atoms with van der Waals surface area (Å²) in [6, 6.07) is 0. The average Bonchev–Trinajstić information content (AvgIpc) is 3.16. The van der Waals surface area contributed by atoms with E-state index >= 15 is 0 Å². The molecule has 1 heterocycles. The molecule has 0 saturated heterocycles. The number of unbranched alkanes of at least 4 members (excludes halogenated alkanes) is 11. The second-order valence-corrected chi connectivity index (χ2v) is 10.4. The van der Waals surface area contributed by atoms with Crippen LogP contribution in [0.15, 0.2) is 12.4 Å². The molecule has 1 aliphatic heterocycles. The van der Waals surface area contributed by atoms with Crippen LogP contribution in [0, 0.1) is 0 Å². The van der Waals surface area contributed by atoms with Gasteiger partial charge in [0.2, 0.25) is 6.35 Å². The van der Waals surface area contributed by atoms with Crippen molar-refractivity contribution >= 4 is 7.82 Å². The summed E-state index contributed by atoms with van der Waals surface area (Å²) in [5, 5.41) is 0. The van der Waals surface area contributed by atoms with Gasteiger partial charge in [-0.15, -0.1) is 0 Å². The maximum absolute atomic E-state index is 13.3. The molecule has 190 valence electrons. The second-order valence-electron chi connectivity index (χ2n) is 8.80. The van der Waals surface area contributed by atoms with Crippen molar-refractivity contribution in [3.8, 4) is 0 Å². The molecule has 0 aliphatic carbocycles. The first-order chi connectivity index (χ1) is 15.6. The lowest BCUT2D eigenvalue weighted by Gasteiger charge is -2.33. The summed E-state index contributed by atoms with van der Waals surface area (Å²) in [4.78, 5) is 4.18. The highest BCUT2D eigenvalue weighted by molar-refractivity contribution is 7.48. The maximum Gasteiger partial charge on any atom is 0.478 e. The molecule has 7 heteroatoms. The first kappa shape index (κ1) is 29.5. The zero-order valence-corrected chi connectivity index (χ0v) is 22.3. The highest BCUT2D eigenvalue weighted by Crippen LogP contribution is 2.52. The molecule has 0 bridgehead atoms. The van der Waals surface area contributed by atoms with Gasteiger partial charge < -0.3 is 9.80 Å². The van der Waals surface area contributed by atoms with Crippen molar-refractivity contribution in [3.05, 3.63) is 12.4 Å². The summed E-state index contributed by atoms with van der Waals surface area (Å²) in [6.45, 7) is 11.0. The predicted molar refractivity (Wildman–Crippen MR) is 134 cm³/mol. The Morgan fingerprint density at radius 2 is 1.12 bits per heavy atom. The molecule has 0 fully saturated rings. The van der Waals surface area contributed by atoms with Crippen LogP contribution in [0.2, 0.25) is 0 Å². The van der Waals surface area contributed by atoms with E-state index in [1.807, 2.05) is 12.4 Å². The number of phosphoric ester groups is 1. The third-order valence-electron chi connectivity index (χ3n) is 5.87. The fourth-order valence-corrected chi connectivity index (χ4v) is 5.09. The predicted octanol–water partition coefficient (Wildman–Crippen LogP) is 8.06. The standard InChI is InChI=1S/C25H51N2O4P/c1-5-9-12-13-14-15-16-17-18-19-20-27-22-21-26(8-4)25(27)31-32(28,29-23-10-6-2)30-24-11-7-3/h21-22,25H,5-20,23-24H2,1-4H3. The number of rotatable bonds is 22. The van der Waals surface area contributed by atoms with Crippen LogP contribution in [0.4, 0.5) is 0 Å². The number of phosphoric acid groups is 1. The van der Waals surface area contributed by atoms with Crippen molar-refractivity contribution in [2.24, 2.45) is 0 Å². The molecule has 6 nitrogen and oxygen atoms in total. The van der Waals surface area contributed by atoms with E-state index < -0.39 is 14.2 Å². The Bertz CT molecular complexity index is 504. The van der Waals surface area contributed by atoms with Gasteiger partial charge in [0, 0.05) is 25.5 Å². The molecule has 0 aromatic carbocycles. The zero-order valence-electron chi connectivity index (χ0n) is 21.4. The second kappa shape index (κ2) is 18.8. The fraction of sp³-hybridized carbons (Fsp3) is 0.920. The summed E-state index contributed by atoms with van der Waals surface area (Å²) in [6.07, 6.45) is 20.4. The summed E-state index contributed by atoms with van der Waals surface area (Å²) in [7, 11) is -3.60. The van der Waals surface area contributed by atoms with E-state index in [0.29, 0.717) is 13.2 Å². The minimum atomic E-state index is -3.60. The Hall–Kier alpha value is -0.550. The van der Waals surface area contributed by atoms with Gasteiger partial charge in [0.25, 0.3) is 0 Å². The first-order valence-electron chi connectivity index (χ1n) is 13.4. The van der Waals surface area contributed by atoms with Crippen molar-refractivity contribution < 1.29 is 18.1 Å². The largest absolute Gasteiger partial charge is 0.478 e. The van der Waals surface area contributed by atoms with Crippen LogP contribution in [-0.4, -0.2) is 42.5 Å². The molecular formula is C25H51N2O4P. The molecule has 0 aromatic rings. The molecule has 32 heavy (non-hydrogen) atoms. The number of nitrogens with zero attached hydrogens (tertiary/aromatic N) is 2. The van der Waals surface area contributed by atoms with E-state index in [4.69, 9.17) is 13.6 Å². The van der Waals surface area contributed by atoms with Crippen molar-refractivity contribution in [1.29, 1.82) is 0 Å². The quantitative estimate of drug-likeness (QED) is 0.117. The van der Waals surface area contributed by atoms with Crippen molar-refractivity contribution in [1.82, 2.24) is 9.80 Å². The van der Waals surface area contributed by atoms with Gasteiger partial charge in [0.05, 0.1) is 13.2 Å². The van der Waals surface area contributed by atoms with Crippen molar-refractivity contribution in [2.75, 3.05) is 26.3 Å². The molecule has 0 radical (unpaired) electrons. The van der Waals surface area contributed by atoms with Gasteiger partial charge in [-0.25, -0.2) is 9.09 Å². The van der Waals surface area contributed by atoms with E-state index in [2.05, 4.69) is 37.5 Å². The number of hydrogen-bond acceptors (Lipinski definition) is 6. The lowest BCUT2D eigenvalue weighted by Crippen LogP contribution is -2.40. The molecule has 0 amide bonds. The van der Waals surface area contributed by atoms with Gasteiger partial charge in [-0.3, -0.25) is 9.05 Å². The minimum absolute atomic E-state index is 0.393. The lowest BCUT2D eigenvalue weighted by atomic mass is 10.1. The summed E-state index contributed by atoms with van der Waals surface area (Å²) < 4.78 is 30.7. The topological polar surface area (TPSA) is 51.2 Å². The molecule has 1 atom stereocenters. The van der Waals surface area contributed by atoms with Crippen LogP contribution in [0.1, 0.15) is 118 Å². The highest BCUT2D eigenvalue weighted by Gasteiger charge is 2.37. The molecule has 1 aliphatic rings. The van der Waals surface area contributed by atoms with E-state index in [1.54, 1.807) is 0 Å². The van der Waals surface area contributed by atoms with Crippen molar-refractivity contribution in [2.45, 2.75) is 124 Å². The molecule has 0 saturated carbocycles. The Morgan fingerprint density at radius 1 is 0.656 bits per heavy atom. The monoisotopic (exact) mass is 474 g/mol. The maximum atomic E-state index is 13.3. The molecular weight excluding hydrogens is 423 g/mol. The average molecular weight is 475 g/mol. The van der Waals surface area contributed by atoms with E-state index in [9.17, 15) is 4.57 Å².